The van der Waals surface area contributed by atoms with E-state index in [-0.39, 0.29) is 6.42 Å². The third-order valence-corrected chi connectivity index (χ3v) is 3.57. The number of rotatable bonds is 8. The molecule has 0 saturated heterocycles. The number of amides is 1. The fourth-order valence-corrected chi connectivity index (χ4v) is 2.35. The number of nitrogens with zero attached hydrogens (tertiary/aromatic N) is 2. The molecule has 0 bridgehead atoms. The maximum Gasteiger partial charge on any atom is 0.221 e. The van der Waals surface area contributed by atoms with Gasteiger partial charge in [0.1, 0.15) is 5.75 Å². The topological polar surface area (TPSA) is 105 Å². The predicted molar refractivity (Wildman–Crippen MR) is 96.2 cm³/mol. The second-order valence-corrected chi connectivity index (χ2v) is 5.22. The first-order valence-corrected chi connectivity index (χ1v) is 7.69. The maximum absolute atomic E-state index is 11.3. The standard InChI is InChI=1S/C18H21N3O5/c1-23-13-5-6-14(11(7-13)8-17(19)22)21-20-12-9-15(24-2)18(26-4)16(10-12)25-3/h5-7,9-10H,8H2,1-4H3,(H2,19,22)/b21-20+. The molecule has 1 amide bonds. The molecule has 2 aromatic rings. The van der Waals surface area contributed by atoms with Gasteiger partial charge in [-0.25, -0.2) is 0 Å². The highest BCUT2D eigenvalue weighted by Gasteiger charge is 2.13. The van der Waals surface area contributed by atoms with Crippen molar-refractivity contribution < 1.29 is 23.7 Å². The van der Waals surface area contributed by atoms with Crippen LogP contribution in [-0.4, -0.2) is 34.3 Å². The molecule has 2 N–H and O–H groups in total. The van der Waals surface area contributed by atoms with E-state index in [0.29, 0.717) is 39.9 Å². The first kappa shape index (κ1) is 19.0. The zero-order valence-corrected chi connectivity index (χ0v) is 15.1. The molecule has 0 radical (unpaired) electrons. The van der Waals surface area contributed by atoms with Gasteiger partial charge in [-0.1, -0.05) is 0 Å². The summed E-state index contributed by atoms with van der Waals surface area (Å²) in [6.45, 7) is 0. The predicted octanol–water partition coefficient (Wildman–Crippen LogP) is 3.16. The van der Waals surface area contributed by atoms with Crippen LogP contribution in [0.25, 0.3) is 0 Å². The van der Waals surface area contributed by atoms with Gasteiger partial charge >= 0.3 is 0 Å². The Hall–Kier alpha value is -3.29. The van der Waals surface area contributed by atoms with E-state index in [0.717, 1.165) is 0 Å². The number of nitrogens with two attached hydrogens (primary N) is 1. The van der Waals surface area contributed by atoms with Gasteiger partial charge in [0.15, 0.2) is 11.5 Å². The molecule has 2 aromatic carbocycles. The van der Waals surface area contributed by atoms with E-state index >= 15 is 0 Å². The van der Waals surface area contributed by atoms with E-state index in [1.165, 1.54) is 21.3 Å². The van der Waals surface area contributed by atoms with E-state index in [1.54, 1.807) is 37.4 Å². The minimum atomic E-state index is -0.470. The van der Waals surface area contributed by atoms with Crippen molar-refractivity contribution in [2.75, 3.05) is 28.4 Å². The van der Waals surface area contributed by atoms with E-state index < -0.39 is 5.91 Å². The Morgan fingerprint density at radius 1 is 0.923 bits per heavy atom. The number of hydrogen-bond donors (Lipinski definition) is 1. The van der Waals surface area contributed by atoms with Gasteiger partial charge in [0, 0.05) is 12.1 Å². The molecule has 0 unspecified atom stereocenters. The van der Waals surface area contributed by atoms with Crippen LogP contribution in [0, 0.1) is 0 Å². The lowest BCUT2D eigenvalue weighted by Gasteiger charge is -2.12. The van der Waals surface area contributed by atoms with Crippen LogP contribution in [0.15, 0.2) is 40.6 Å². The number of carbonyl (C=O) groups excluding carboxylic acids is 1. The SMILES string of the molecule is COc1ccc(/N=N/c2cc(OC)c(OC)c(OC)c2)c(CC(N)=O)c1. The van der Waals surface area contributed by atoms with Gasteiger partial charge in [0.2, 0.25) is 11.7 Å². The molecule has 0 aliphatic carbocycles. The zero-order chi connectivity index (χ0) is 19.1. The van der Waals surface area contributed by atoms with Crippen LogP contribution < -0.4 is 24.7 Å². The summed E-state index contributed by atoms with van der Waals surface area (Å²) in [5.41, 5.74) is 6.93. The van der Waals surface area contributed by atoms with Crippen molar-refractivity contribution in [3.8, 4) is 23.0 Å². The number of azo groups is 1. The average Bonchev–Trinajstić information content (AvgIpc) is 2.65. The normalized spacial score (nSPS) is 10.6. The highest BCUT2D eigenvalue weighted by molar-refractivity contribution is 5.78. The Balaban J connectivity index is 2.42. The molecule has 0 aliphatic rings. The Morgan fingerprint density at radius 3 is 2.08 bits per heavy atom. The monoisotopic (exact) mass is 359 g/mol. The van der Waals surface area contributed by atoms with Crippen LogP contribution in [0.4, 0.5) is 11.4 Å². The molecular weight excluding hydrogens is 338 g/mol. The average molecular weight is 359 g/mol. The molecule has 0 atom stereocenters. The summed E-state index contributed by atoms with van der Waals surface area (Å²) in [5.74, 6) is 1.53. The lowest BCUT2D eigenvalue weighted by Crippen LogP contribution is -2.13. The molecule has 0 aromatic heterocycles. The molecule has 0 aliphatic heterocycles. The molecule has 26 heavy (non-hydrogen) atoms. The van der Waals surface area contributed by atoms with Gasteiger partial charge < -0.3 is 24.7 Å². The number of primary amides is 1. The minimum absolute atomic E-state index is 0.0286. The van der Waals surface area contributed by atoms with Crippen molar-refractivity contribution >= 4 is 17.3 Å². The number of hydrogen-bond acceptors (Lipinski definition) is 7. The highest BCUT2D eigenvalue weighted by atomic mass is 16.5. The second-order valence-electron chi connectivity index (χ2n) is 5.22. The summed E-state index contributed by atoms with van der Waals surface area (Å²) in [6, 6.07) is 8.48. The van der Waals surface area contributed by atoms with Crippen LogP contribution in [0.1, 0.15) is 5.56 Å². The van der Waals surface area contributed by atoms with E-state index in [4.69, 9.17) is 24.7 Å². The van der Waals surface area contributed by atoms with Gasteiger partial charge in [-0.05, 0) is 23.8 Å². The summed E-state index contributed by atoms with van der Waals surface area (Å²) < 4.78 is 21.0. The number of carbonyl (C=O) groups is 1. The first-order valence-electron chi connectivity index (χ1n) is 7.69. The van der Waals surface area contributed by atoms with E-state index in [2.05, 4.69) is 10.2 Å². The van der Waals surface area contributed by atoms with Crippen LogP contribution in [0.3, 0.4) is 0 Å². The third-order valence-electron chi connectivity index (χ3n) is 3.57. The van der Waals surface area contributed by atoms with Crippen molar-refractivity contribution in [3.05, 3.63) is 35.9 Å². The highest BCUT2D eigenvalue weighted by Crippen LogP contribution is 2.41. The molecule has 0 fully saturated rings. The van der Waals surface area contributed by atoms with Crippen LogP contribution in [0.2, 0.25) is 0 Å². The lowest BCUT2D eigenvalue weighted by atomic mass is 10.1. The van der Waals surface area contributed by atoms with E-state index in [9.17, 15) is 4.79 Å². The quantitative estimate of drug-likeness (QED) is 0.729. The number of methoxy groups -OCH3 is 4. The van der Waals surface area contributed by atoms with Crippen molar-refractivity contribution in [1.29, 1.82) is 0 Å². The summed E-state index contributed by atoms with van der Waals surface area (Å²) in [7, 11) is 6.11. The van der Waals surface area contributed by atoms with Crippen molar-refractivity contribution in [3.63, 3.8) is 0 Å². The number of benzene rings is 2. The Labute approximate surface area is 151 Å². The van der Waals surface area contributed by atoms with Gasteiger partial charge in [-0.2, -0.15) is 10.2 Å². The van der Waals surface area contributed by atoms with Gasteiger partial charge in [-0.3, -0.25) is 4.79 Å². The summed E-state index contributed by atoms with van der Waals surface area (Å²) in [4.78, 5) is 11.3. The van der Waals surface area contributed by atoms with Gasteiger partial charge in [-0.15, -0.1) is 0 Å². The minimum Gasteiger partial charge on any atom is -0.497 e. The van der Waals surface area contributed by atoms with Crippen molar-refractivity contribution in [2.45, 2.75) is 6.42 Å². The fourth-order valence-electron chi connectivity index (χ4n) is 2.35. The van der Waals surface area contributed by atoms with Gasteiger partial charge in [0.05, 0.1) is 46.2 Å². The zero-order valence-electron chi connectivity index (χ0n) is 15.1. The Kier molecular flexibility index (Phi) is 6.37. The second kappa shape index (κ2) is 8.70. The van der Waals surface area contributed by atoms with Crippen molar-refractivity contribution in [2.24, 2.45) is 16.0 Å². The smallest absolute Gasteiger partial charge is 0.221 e. The molecule has 138 valence electrons. The number of ether oxygens (including phenoxy) is 4. The maximum atomic E-state index is 11.3. The van der Waals surface area contributed by atoms with Crippen LogP contribution in [-0.2, 0) is 11.2 Å². The molecule has 8 heteroatoms. The first-order chi connectivity index (χ1) is 12.5. The largest absolute Gasteiger partial charge is 0.497 e. The molecule has 0 heterocycles. The Bertz CT molecular complexity index is 795. The van der Waals surface area contributed by atoms with E-state index in [1.807, 2.05) is 0 Å². The summed E-state index contributed by atoms with van der Waals surface area (Å²) in [5, 5.41) is 8.43. The van der Waals surface area contributed by atoms with Crippen LogP contribution in [0.5, 0.6) is 23.0 Å². The molecule has 0 spiro atoms. The lowest BCUT2D eigenvalue weighted by molar-refractivity contribution is -0.117. The third kappa shape index (κ3) is 4.41. The summed E-state index contributed by atoms with van der Waals surface area (Å²) >= 11 is 0. The fraction of sp³-hybridized carbons (Fsp3) is 0.278. The molecule has 2 rings (SSSR count). The van der Waals surface area contributed by atoms with Crippen molar-refractivity contribution in [1.82, 2.24) is 0 Å². The molecule has 8 nitrogen and oxygen atoms in total. The Morgan fingerprint density at radius 2 is 1.58 bits per heavy atom. The van der Waals surface area contributed by atoms with Crippen LogP contribution >= 0.6 is 0 Å². The molecular formula is C18H21N3O5. The summed E-state index contributed by atoms with van der Waals surface area (Å²) in [6.07, 6.45) is 0.0286. The molecule has 0 saturated carbocycles. The van der Waals surface area contributed by atoms with Gasteiger partial charge in [0.25, 0.3) is 0 Å².